The fourth-order valence-electron chi connectivity index (χ4n) is 2.07. The predicted octanol–water partition coefficient (Wildman–Crippen LogP) is 2.20. The summed E-state index contributed by atoms with van der Waals surface area (Å²) in [6.07, 6.45) is 2.68. The Kier molecular flexibility index (Phi) is 5.58. The zero-order valence-electron chi connectivity index (χ0n) is 12.6. The largest absolute Gasteiger partial charge is 0.343 e. The Morgan fingerprint density at radius 1 is 1.48 bits per heavy atom. The predicted molar refractivity (Wildman–Crippen MR) is 83.6 cm³/mol. The fourth-order valence-corrected chi connectivity index (χ4v) is 2.94. The molecule has 0 aliphatic carbocycles. The van der Waals surface area contributed by atoms with Gasteiger partial charge in [0.05, 0.1) is 0 Å². The van der Waals surface area contributed by atoms with Crippen molar-refractivity contribution in [2.45, 2.75) is 50.0 Å². The van der Waals surface area contributed by atoms with Gasteiger partial charge in [-0.15, -0.1) is 5.10 Å². The van der Waals surface area contributed by atoms with Crippen LogP contribution in [0.2, 0.25) is 0 Å². The molecular weight excluding hydrogens is 286 g/mol. The van der Waals surface area contributed by atoms with Crippen molar-refractivity contribution in [3.05, 3.63) is 34.4 Å². The maximum Gasteiger partial charge on any atom is 0.343 e. The minimum atomic E-state index is -0.170. The van der Waals surface area contributed by atoms with Crippen LogP contribution in [-0.4, -0.2) is 26.3 Å². The van der Waals surface area contributed by atoms with Gasteiger partial charge in [-0.1, -0.05) is 13.8 Å². The number of hydrogen-bond acceptors (Lipinski definition) is 5. The summed E-state index contributed by atoms with van der Waals surface area (Å²) in [5, 5.41) is 11.4. The van der Waals surface area contributed by atoms with Crippen LogP contribution in [0.5, 0.6) is 0 Å². The van der Waals surface area contributed by atoms with E-state index in [1.807, 2.05) is 19.1 Å². The molecule has 0 amide bonds. The van der Waals surface area contributed by atoms with Crippen molar-refractivity contribution in [3.8, 4) is 0 Å². The van der Waals surface area contributed by atoms with E-state index in [0.717, 1.165) is 18.0 Å². The lowest BCUT2D eigenvalue weighted by molar-refractivity contribution is 0.595. The van der Waals surface area contributed by atoms with E-state index in [-0.39, 0.29) is 11.7 Å². The van der Waals surface area contributed by atoms with E-state index < -0.39 is 0 Å². The van der Waals surface area contributed by atoms with Gasteiger partial charge in [0.2, 0.25) is 0 Å². The Morgan fingerprint density at radius 2 is 2.29 bits per heavy atom. The normalized spacial score (nSPS) is 12.5. The second-order valence-electron chi connectivity index (χ2n) is 4.77. The van der Waals surface area contributed by atoms with Crippen molar-refractivity contribution < 1.29 is 0 Å². The van der Waals surface area contributed by atoms with Crippen LogP contribution in [0.3, 0.4) is 0 Å². The molecule has 0 aliphatic heterocycles. The smallest absolute Gasteiger partial charge is 0.310 e. The van der Waals surface area contributed by atoms with Gasteiger partial charge in [0.15, 0.2) is 5.16 Å². The second-order valence-corrected chi connectivity index (χ2v) is 5.76. The minimum Gasteiger partial charge on any atom is -0.310 e. The first-order valence-electron chi connectivity index (χ1n) is 7.18. The summed E-state index contributed by atoms with van der Waals surface area (Å²) in [4.78, 5) is 16.0. The zero-order chi connectivity index (χ0) is 15.2. The van der Waals surface area contributed by atoms with Crippen molar-refractivity contribution in [2.75, 3.05) is 6.54 Å². The van der Waals surface area contributed by atoms with Crippen LogP contribution in [0.25, 0.3) is 0 Å². The molecule has 0 aliphatic rings. The van der Waals surface area contributed by atoms with Crippen molar-refractivity contribution in [2.24, 2.45) is 0 Å². The minimum absolute atomic E-state index is 0.170. The molecular formula is C14H21N5OS. The molecule has 2 heterocycles. The lowest BCUT2D eigenvalue weighted by Crippen LogP contribution is -2.18. The van der Waals surface area contributed by atoms with E-state index >= 15 is 0 Å². The number of nitrogens with zero attached hydrogens (tertiary/aromatic N) is 3. The van der Waals surface area contributed by atoms with Gasteiger partial charge in [-0.05, 0) is 49.3 Å². The first-order chi connectivity index (χ1) is 10.2. The molecule has 0 spiro atoms. The third kappa shape index (κ3) is 3.95. The maximum absolute atomic E-state index is 11.7. The summed E-state index contributed by atoms with van der Waals surface area (Å²) in [7, 11) is 0. The van der Waals surface area contributed by atoms with Gasteiger partial charge in [0.25, 0.3) is 0 Å². The molecule has 6 nitrogen and oxygen atoms in total. The molecule has 2 aromatic heterocycles. The maximum atomic E-state index is 11.7. The molecule has 2 aromatic rings. The summed E-state index contributed by atoms with van der Waals surface area (Å²) in [5.74, 6) is 0. The van der Waals surface area contributed by atoms with Gasteiger partial charge in [0.1, 0.15) is 5.03 Å². The van der Waals surface area contributed by atoms with Crippen LogP contribution in [0.15, 0.2) is 33.3 Å². The van der Waals surface area contributed by atoms with Crippen LogP contribution in [-0.2, 0) is 6.54 Å². The molecule has 0 bridgehead atoms. The van der Waals surface area contributed by atoms with Crippen molar-refractivity contribution in [1.29, 1.82) is 0 Å². The van der Waals surface area contributed by atoms with E-state index in [9.17, 15) is 4.79 Å². The highest BCUT2D eigenvalue weighted by Gasteiger charge is 2.11. The Morgan fingerprint density at radius 3 is 3.00 bits per heavy atom. The molecule has 0 fully saturated rings. The second kappa shape index (κ2) is 7.42. The van der Waals surface area contributed by atoms with Gasteiger partial charge in [0, 0.05) is 18.8 Å². The van der Waals surface area contributed by atoms with Gasteiger partial charge in [-0.3, -0.25) is 4.57 Å². The lowest BCUT2D eigenvalue weighted by atomic mass is 10.1. The number of aromatic nitrogens is 4. The Bertz CT molecular complexity index is 636. The molecule has 21 heavy (non-hydrogen) atoms. The summed E-state index contributed by atoms with van der Waals surface area (Å²) in [6, 6.07) is 4.31. The Balaban J connectivity index is 2.20. The van der Waals surface area contributed by atoms with Crippen LogP contribution < -0.4 is 11.0 Å². The van der Waals surface area contributed by atoms with Crippen molar-refractivity contribution in [3.63, 3.8) is 0 Å². The Labute approximate surface area is 128 Å². The molecule has 0 aromatic carbocycles. The monoisotopic (exact) mass is 307 g/mol. The molecule has 7 heteroatoms. The van der Waals surface area contributed by atoms with Crippen LogP contribution in [0.4, 0.5) is 0 Å². The zero-order valence-corrected chi connectivity index (χ0v) is 13.4. The van der Waals surface area contributed by atoms with Crippen molar-refractivity contribution in [1.82, 2.24) is 25.1 Å². The number of H-pyrrole nitrogens is 1. The SMILES string of the molecule is CCCn1c(Sc2cc(C(C)NCC)ccn2)n[nH]c1=O. The van der Waals surface area contributed by atoms with Crippen LogP contribution >= 0.6 is 11.8 Å². The van der Waals surface area contributed by atoms with Gasteiger partial charge in [-0.25, -0.2) is 14.9 Å². The van der Waals surface area contributed by atoms with Gasteiger partial charge < -0.3 is 5.32 Å². The third-order valence-corrected chi connectivity index (χ3v) is 4.06. The average molecular weight is 307 g/mol. The fraction of sp³-hybridized carbons (Fsp3) is 0.500. The summed E-state index contributed by atoms with van der Waals surface area (Å²) < 4.78 is 1.65. The highest BCUT2D eigenvalue weighted by atomic mass is 32.2. The summed E-state index contributed by atoms with van der Waals surface area (Å²) in [5.41, 5.74) is 1.01. The number of nitrogens with one attached hydrogen (secondary N) is 2. The van der Waals surface area contributed by atoms with Gasteiger partial charge in [-0.2, -0.15) is 0 Å². The standard InChI is InChI=1S/C14H21N5OS/c1-4-8-19-13(20)17-18-14(19)21-12-9-11(6-7-16-12)10(3)15-5-2/h6-7,9-10,15H,4-5,8H2,1-3H3,(H,17,20). The summed E-state index contributed by atoms with van der Waals surface area (Å²) >= 11 is 1.41. The molecule has 0 saturated heterocycles. The molecule has 0 radical (unpaired) electrons. The molecule has 1 unspecified atom stereocenters. The quantitative estimate of drug-likeness (QED) is 0.820. The topological polar surface area (TPSA) is 75.6 Å². The molecule has 0 saturated carbocycles. The molecule has 1 atom stereocenters. The number of hydrogen-bond donors (Lipinski definition) is 2. The van der Waals surface area contributed by atoms with Gasteiger partial charge >= 0.3 is 5.69 Å². The van der Waals surface area contributed by atoms with Crippen molar-refractivity contribution >= 4 is 11.8 Å². The first-order valence-corrected chi connectivity index (χ1v) is 7.99. The Hall–Kier alpha value is -1.60. The third-order valence-electron chi connectivity index (χ3n) is 3.14. The number of aromatic amines is 1. The first kappa shape index (κ1) is 15.8. The summed E-state index contributed by atoms with van der Waals surface area (Å²) in [6.45, 7) is 7.81. The van der Waals surface area contributed by atoms with Crippen LogP contribution in [0, 0.1) is 0 Å². The highest BCUT2D eigenvalue weighted by Crippen LogP contribution is 2.25. The van der Waals surface area contributed by atoms with E-state index in [4.69, 9.17) is 0 Å². The van der Waals surface area contributed by atoms with E-state index in [0.29, 0.717) is 11.7 Å². The molecule has 2 rings (SSSR count). The van der Waals surface area contributed by atoms with E-state index in [1.165, 1.54) is 17.3 Å². The number of pyridine rings is 1. The lowest BCUT2D eigenvalue weighted by Gasteiger charge is -2.13. The highest BCUT2D eigenvalue weighted by molar-refractivity contribution is 7.99. The van der Waals surface area contributed by atoms with E-state index in [2.05, 4.69) is 34.3 Å². The van der Waals surface area contributed by atoms with Crippen LogP contribution in [0.1, 0.15) is 38.8 Å². The average Bonchev–Trinajstić information content (AvgIpc) is 2.81. The number of rotatable bonds is 7. The molecule has 114 valence electrons. The van der Waals surface area contributed by atoms with E-state index in [1.54, 1.807) is 10.8 Å². The molecule has 2 N–H and O–H groups in total.